The lowest BCUT2D eigenvalue weighted by molar-refractivity contribution is 0.144. The summed E-state index contributed by atoms with van der Waals surface area (Å²) < 4.78 is 20.2. The van der Waals surface area contributed by atoms with Gasteiger partial charge in [0.15, 0.2) is 5.82 Å². The van der Waals surface area contributed by atoms with E-state index in [4.69, 9.17) is 4.52 Å². The third kappa shape index (κ3) is 4.13. The summed E-state index contributed by atoms with van der Waals surface area (Å²) in [5.41, 5.74) is 2.29. The number of benzene rings is 2. The number of likely N-dealkylation sites (N-methyl/N-ethyl adjacent to an activating group) is 1. The zero-order valence-electron chi connectivity index (χ0n) is 16.3. The Morgan fingerprint density at radius 1 is 1.07 bits per heavy atom. The lowest BCUT2D eigenvalue weighted by atomic mass is 9.97. The zero-order chi connectivity index (χ0) is 19.5. The van der Waals surface area contributed by atoms with Crippen molar-refractivity contribution in [1.29, 1.82) is 0 Å². The van der Waals surface area contributed by atoms with E-state index < -0.39 is 0 Å². The lowest BCUT2D eigenvalue weighted by Crippen LogP contribution is -2.44. The average molecular weight is 380 g/mol. The number of aromatic nitrogens is 2. The predicted molar refractivity (Wildman–Crippen MR) is 106 cm³/mol. The first-order valence-electron chi connectivity index (χ1n) is 9.68. The van der Waals surface area contributed by atoms with Crippen molar-refractivity contribution in [2.75, 3.05) is 33.2 Å². The van der Waals surface area contributed by atoms with Crippen LogP contribution in [0.5, 0.6) is 0 Å². The molecule has 5 nitrogen and oxygen atoms in total. The summed E-state index contributed by atoms with van der Waals surface area (Å²) in [6.07, 6.45) is 0. The van der Waals surface area contributed by atoms with Crippen molar-refractivity contribution < 1.29 is 8.91 Å². The third-order valence-electron chi connectivity index (χ3n) is 5.39. The Bertz CT molecular complexity index is 919. The summed E-state index contributed by atoms with van der Waals surface area (Å²) in [5, 5.41) is 4.13. The molecule has 28 heavy (non-hydrogen) atoms. The summed E-state index contributed by atoms with van der Waals surface area (Å²) in [5.74, 6) is 0.810. The van der Waals surface area contributed by atoms with Gasteiger partial charge in [-0.2, -0.15) is 4.98 Å². The standard InChI is InChI=1S/C22H25FN4O/c1-16(18-8-9-19(20(23)14-18)17-6-4-3-5-7-17)22-24-21(25-28-22)15-27-12-10-26(2)11-13-27/h3-9,14,16H,10-13,15H2,1-2H3. The van der Waals surface area contributed by atoms with Crippen molar-refractivity contribution in [3.8, 4) is 11.1 Å². The fourth-order valence-corrected chi connectivity index (χ4v) is 3.51. The van der Waals surface area contributed by atoms with Gasteiger partial charge in [0.05, 0.1) is 12.5 Å². The SMILES string of the molecule is CC(c1ccc(-c2ccccc2)c(F)c1)c1nc(CN2CCN(C)CC2)no1. The maximum atomic E-state index is 14.7. The molecule has 0 aliphatic carbocycles. The highest BCUT2D eigenvalue weighted by Crippen LogP contribution is 2.28. The molecule has 1 aromatic heterocycles. The van der Waals surface area contributed by atoms with E-state index >= 15 is 0 Å². The van der Waals surface area contributed by atoms with Gasteiger partial charge in [-0.1, -0.05) is 47.6 Å². The first kappa shape index (κ1) is 18.8. The molecule has 3 aromatic rings. The van der Waals surface area contributed by atoms with Crippen molar-refractivity contribution >= 4 is 0 Å². The van der Waals surface area contributed by atoms with Gasteiger partial charge in [0, 0.05) is 31.7 Å². The van der Waals surface area contributed by atoms with E-state index in [-0.39, 0.29) is 11.7 Å². The Morgan fingerprint density at radius 2 is 1.82 bits per heavy atom. The highest BCUT2D eigenvalue weighted by Gasteiger charge is 2.20. The van der Waals surface area contributed by atoms with E-state index in [2.05, 4.69) is 27.0 Å². The quantitative estimate of drug-likeness (QED) is 0.674. The highest BCUT2D eigenvalue weighted by atomic mass is 19.1. The smallest absolute Gasteiger partial charge is 0.233 e. The topological polar surface area (TPSA) is 45.4 Å². The van der Waals surface area contributed by atoms with Gasteiger partial charge in [0.2, 0.25) is 5.89 Å². The van der Waals surface area contributed by atoms with Gasteiger partial charge < -0.3 is 9.42 Å². The molecule has 1 aliphatic heterocycles. The van der Waals surface area contributed by atoms with Gasteiger partial charge in [-0.3, -0.25) is 4.90 Å². The summed E-state index contributed by atoms with van der Waals surface area (Å²) in [6, 6.07) is 14.9. The molecule has 1 atom stereocenters. The van der Waals surface area contributed by atoms with Crippen molar-refractivity contribution in [3.63, 3.8) is 0 Å². The molecule has 1 unspecified atom stereocenters. The molecule has 1 aliphatic rings. The summed E-state index contributed by atoms with van der Waals surface area (Å²) >= 11 is 0. The van der Waals surface area contributed by atoms with Crippen LogP contribution in [0.1, 0.15) is 30.1 Å². The van der Waals surface area contributed by atoms with Crippen LogP contribution < -0.4 is 0 Å². The molecule has 146 valence electrons. The zero-order valence-corrected chi connectivity index (χ0v) is 16.3. The van der Waals surface area contributed by atoms with Crippen LogP contribution in [0.15, 0.2) is 53.1 Å². The van der Waals surface area contributed by atoms with E-state index in [9.17, 15) is 4.39 Å². The van der Waals surface area contributed by atoms with Crippen LogP contribution in [-0.2, 0) is 6.54 Å². The minimum Gasteiger partial charge on any atom is -0.339 e. The molecule has 4 rings (SSSR count). The van der Waals surface area contributed by atoms with Crippen molar-refractivity contribution in [2.45, 2.75) is 19.4 Å². The van der Waals surface area contributed by atoms with Crippen LogP contribution in [0.4, 0.5) is 4.39 Å². The Kier molecular flexibility index (Phi) is 5.50. The second-order valence-electron chi connectivity index (χ2n) is 7.46. The van der Waals surface area contributed by atoms with Gasteiger partial charge in [0.1, 0.15) is 5.82 Å². The second-order valence-corrected chi connectivity index (χ2v) is 7.46. The van der Waals surface area contributed by atoms with Crippen LogP contribution in [-0.4, -0.2) is 53.2 Å². The van der Waals surface area contributed by atoms with E-state index in [1.807, 2.05) is 49.4 Å². The first-order chi connectivity index (χ1) is 13.6. The highest BCUT2D eigenvalue weighted by molar-refractivity contribution is 5.64. The van der Waals surface area contributed by atoms with Gasteiger partial charge >= 0.3 is 0 Å². The summed E-state index contributed by atoms with van der Waals surface area (Å²) in [6.45, 7) is 6.75. The molecular formula is C22H25FN4O. The van der Waals surface area contributed by atoms with Gasteiger partial charge in [-0.15, -0.1) is 0 Å². The number of hydrogen-bond donors (Lipinski definition) is 0. The molecule has 6 heteroatoms. The van der Waals surface area contributed by atoms with Crippen molar-refractivity contribution in [2.24, 2.45) is 0 Å². The number of piperazine rings is 1. The molecule has 1 saturated heterocycles. The molecule has 2 aromatic carbocycles. The van der Waals surface area contributed by atoms with E-state index in [0.29, 0.717) is 23.8 Å². The molecule has 1 fully saturated rings. The Balaban J connectivity index is 1.47. The Hall–Kier alpha value is -2.57. The molecule has 2 heterocycles. The summed E-state index contributed by atoms with van der Waals surface area (Å²) in [7, 11) is 2.13. The van der Waals surface area contributed by atoms with Crippen molar-refractivity contribution in [1.82, 2.24) is 19.9 Å². The Labute approximate surface area is 164 Å². The van der Waals surface area contributed by atoms with E-state index in [1.54, 1.807) is 6.07 Å². The molecule has 0 spiro atoms. The van der Waals surface area contributed by atoms with Crippen LogP contribution in [0.2, 0.25) is 0 Å². The molecule has 0 amide bonds. The normalized spacial score (nSPS) is 17.0. The van der Waals surface area contributed by atoms with Gasteiger partial charge in [0.25, 0.3) is 0 Å². The van der Waals surface area contributed by atoms with Gasteiger partial charge in [-0.05, 0) is 31.2 Å². The fourth-order valence-electron chi connectivity index (χ4n) is 3.51. The first-order valence-corrected chi connectivity index (χ1v) is 9.68. The predicted octanol–water partition coefficient (Wildman–Crippen LogP) is 3.77. The molecule has 0 saturated carbocycles. The second kappa shape index (κ2) is 8.20. The molecule has 0 bridgehead atoms. The molecular weight excluding hydrogens is 355 g/mol. The van der Waals surface area contributed by atoms with Crippen LogP contribution in [0.25, 0.3) is 11.1 Å². The number of hydrogen-bond acceptors (Lipinski definition) is 5. The minimum absolute atomic E-state index is 0.159. The monoisotopic (exact) mass is 380 g/mol. The lowest BCUT2D eigenvalue weighted by Gasteiger charge is -2.31. The average Bonchev–Trinajstić information content (AvgIpc) is 3.18. The number of nitrogens with zero attached hydrogens (tertiary/aromatic N) is 4. The minimum atomic E-state index is -0.243. The summed E-state index contributed by atoms with van der Waals surface area (Å²) in [4.78, 5) is 9.19. The molecule has 0 radical (unpaired) electrons. The number of halogens is 1. The van der Waals surface area contributed by atoms with Gasteiger partial charge in [-0.25, -0.2) is 4.39 Å². The van der Waals surface area contributed by atoms with E-state index in [1.165, 1.54) is 0 Å². The van der Waals surface area contributed by atoms with Crippen molar-refractivity contribution in [3.05, 3.63) is 71.6 Å². The van der Waals surface area contributed by atoms with Crippen LogP contribution >= 0.6 is 0 Å². The third-order valence-corrected chi connectivity index (χ3v) is 5.39. The maximum Gasteiger partial charge on any atom is 0.233 e. The van der Waals surface area contributed by atoms with Crippen LogP contribution in [0.3, 0.4) is 0 Å². The maximum absolute atomic E-state index is 14.7. The molecule has 0 N–H and O–H groups in total. The largest absolute Gasteiger partial charge is 0.339 e. The fraction of sp³-hybridized carbons (Fsp3) is 0.364. The number of rotatable bonds is 5. The van der Waals surface area contributed by atoms with E-state index in [0.717, 1.165) is 37.3 Å². The Morgan fingerprint density at radius 3 is 2.54 bits per heavy atom. The van der Waals surface area contributed by atoms with Crippen LogP contribution in [0, 0.1) is 5.82 Å².